The molecule has 0 saturated carbocycles. The van der Waals surface area contributed by atoms with Crippen LogP contribution < -0.4 is 5.32 Å². The van der Waals surface area contributed by atoms with Crippen LogP contribution in [-0.2, 0) is 11.3 Å². The van der Waals surface area contributed by atoms with Gasteiger partial charge in [0.15, 0.2) is 0 Å². The van der Waals surface area contributed by atoms with Crippen molar-refractivity contribution in [2.75, 3.05) is 19.8 Å². The van der Waals surface area contributed by atoms with Gasteiger partial charge in [-0.05, 0) is 6.42 Å². The molecular weight excluding hydrogens is 196 g/mol. The second-order valence-electron chi connectivity index (χ2n) is 2.83. The van der Waals surface area contributed by atoms with Crippen LogP contribution in [0.3, 0.4) is 0 Å². The molecule has 0 unspecified atom stereocenters. The summed E-state index contributed by atoms with van der Waals surface area (Å²) in [4.78, 5) is 5.26. The Bertz CT molecular complexity index is 236. The summed E-state index contributed by atoms with van der Waals surface area (Å²) in [6.45, 7) is 6.92. The first kappa shape index (κ1) is 11.4. The van der Waals surface area contributed by atoms with E-state index in [9.17, 15) is 0 Å². The second kappa shape index (κ2) is 7.67. The van der Waals surface area contributed by atoms with Crippen LogP contribution in [0.1, 0.15) is 11.3 Å². The van der Waals surface area contributed by atoms with Gasteiger partial charge in [-0.1, -0.05) is 6.08 Å². The van der Waals surface area contributed by atoms with Gasteiger partial charge in [0.2, 0.25) is 0 Å². The number of ether oxygens (including phenoxy) is 1. The van der Waals surface area contributed by atoms with Crippen molar-refractivity contribution in [3.8, 4) is 0 Å². The van der Waals surface area contributed by atoms with Crippen molar-refractivity contribution in [3.63, 3.8) is 0 Å². The highest BCUT2D eigenvalue weighted by atomic mass is 32.1. The molecule has 0 aliphatic heterocycles. The van der Waals surface area contributed by atoms with Crippen LogP contribution in [0.2, 0.25) is 0 Å². The van der Waals surface area contributed by atoms with Gasteiger partial charge in [0.1, 0.15) is 0 Å². The molecule has 0 radical (unpaired) electrons. The maximum atomic E-state index is 5.35. The molecule has 1 N–H and O–H groups in total. The minimum atomic E-state index is 0.757. The van der Waals surface area contributed by atoms with Crippen LogP contribution in [0, 0.1) is 0 Å². The molecule has 14 heavy (non-hydrogen) atoms. The maximum Gasteiger partial charge on any atom is 0.0794 e. The highest BCUT2D eigenvalue weighted by Gasteiger charge is 1.92. The highest BCUT2D eigenvalue weighted by Crippen LogP contribution is 2.03. The van der Waals surface area contributed by atoms with E-state index in [-0.39, 0.29) is 0 Å². The second-order valence-corrected chi connectivity index (χ2v) is 3.81. The zero-order valence-corrected chi connectivity index (χ0v) is 9.05. The maximum absolute atomic E-state index is 5.35. The minimum Gasteiger partial charge on any atom is -0.380 e. The molecular formula is C10H16N2OS. The molecule has 0 atom stereocenters. The largest absolute Gasteiger partial charge is 0.380 e. The molecule has 4 heteroatoms. The lowest BCUT2D eigenvalue weighted by Gasteiger charge is -2.03. The van der Waals surface area contributed by atoms with Gasteiger partial charge in [-0.2, -0.15) is 0 Å². The van der Waals surface area contributed by atoms with Crippen molar-refractivity contribution in [1.29, 1.82) is 0 Å². The van der Waals surface area contributed by atoms with Crippen LogP contribution in [0.5, 0.6) is 0 Å². The topological polar surface area (TPSA) is 34.1 Å². The summed E-state index contributed by atoms with van der Waals surface area (Å²) in [5.41, 5.74) is 1.84. The Morgan fingerprint density at radius 1 is 1.57 bits per heavy atom. The first-order chi connectivity index (χ1) is 6.93. The fourth-order valence-electron chi connectivity index (χ4n) is 0.954. The molecule has 0 aliphatic carbocycles. The zero-order chi connectivity index (χ0) is 10.1. The Morgan fingerprint density at radius 3 is 3.21 bits per heavy atom. The number of hydrogen-bond donors (Lipinski definition) is 1. The SMILES string of the molecule is C=CCCOCCNCc1cncs1. The quantitative estimate of drug-likeness (QED) is 0.527. The van der Waals surface area contributed by atoms with Gasteiger partial charge >= 0.3 is 0 Å². The molecule has 78 valence electrons. The molecule has 1 aromatic rings. The fourth-order valence-corrected chi connectivity index (χ4v) is 1.52. The van der Waals surface area contributed by atoms with Gasteiger partial charge in [0.05, 0.1) is 18.7 Å². The Hall–Kier alpha value is -0.710. The standard InChI is InChI=1S/C10H16N2OS/c1-2-3-5-13-6-4-11-7-10-8-12-9-14-10/h2,8-9,11H,1,3-7H2. The Balaban J connectivity index is 1.87. The minimum absolute atomic E-state index is 0.757. The van der Waals surface area contributed by atoms with Crippen LogP contribution in [0.25, 0.3) is 0 Å². The molecule has 0 saturated heterocycles. The van der Waals surface area contributed by atoms with E-state index in [1.165, 1.54) is 4.88 Å². The highest BCUT2D eigenvalue weighted by molar-refractivity contribution is 7.09. The van der Waals surface area contributed by atoms with Gasteiger partial charge in [-0.25, -0.2) is 0 Å². The lowest BCUT2D eigenvalue weighted by molar-refractivity contribution is 0.140. The first-order valence-corrected chi connectivity index (χ1v) is 5.58. The van der Waals surface area contributed by atoms with Gasteiger partial charge < -0.3 is 10.1 Å². The third kappa shape index (κ3) is 5.11. The van der Waals surface area contributed by atoms with Gasteiger partial charge in [-0.3, -0.25) is 4.98 Å². The molecule has 0 fully saturated rings. The zero-order valence-electron chi connectivity index (χ0n) is 8.24. The number of aromatic nitrogens is 1. The Labute approximate surface area is 88.8 Å². The number of nitrogens with zero attached hydrogens (tertiary/aromatic N) is 1. The van der Waals surface area contributed by atoms with Crippen molar-refractivity contribution in [2.45, 2.75) is 13.0 Å². The molecule has 1 heterocycles. The summed E-state index contributed by atoms with van der Waals surface area (Å²) >= 11 is 1.67. The van der Waals surface area contributed by atoms with Crippen molar-refractivity contribution in [2.24, 2.45) is 0 Å². The summed E-state index contributed by atoms with van der Waals surface area (Å²) in [7, 11) is 0. The van der Waals surface area contributed by atoms with Crippen LogP contribution in [-0.4, -0.2) is 24.7 Å². The molecule has 0 aromatic carbocycles. The number of rotatable bonds is 8. The molecule has 0 amide bonds. The Morgan fingerprint density at radius 2 is 2.50 bits per heavy atom. The lowest BCUT2D eigenvalue weighted by Crippen LogP contribution is -2.18. The van der Waals surface area contributed by atoms with E-state index in [4.69, 9.17) is 4.74 Å². The fraction of sp³-hybridized carbons (Fsp3) is 0.500. The van der Waals surface area contributed by atoms with E-state index in [0.29, 0.717) is 0 Å². The number of nitrogens with one attached hydrogen (secondary N) is 1. The van der Waals surface area contributed by atoms with Crippen LogP contribution in [0.15, 0.2) is 24.4 Å². The van der Waals surface area contributed by atoms with E-state index in [2.05, 4.69) is 16.9 Å². The van der Waals surface area contributed by atoms with Crippen LogP contribution >= 0.6 is 11.3 Å². The summed E-state index contributed by atoms with van der Waals surface area (Å²) < 4.78 is 5.35. The molecule has 0 bridgehead atoms. The van der Waals surface area contributed by atoms with E-state index in [1.54, 1.807) is 11.3 Å². The molecule has 1 aromatic heterocycles. The molecule has 0 aliphatic rings. The molecule has 1 rings (SSSR count). The van der Waals surface area contributed by atoms with E-state index in [0.717, 1.165) is 32.7 Å². The van der Waals surface area contributed by atoms with E-state index < -0.39 is 0 Å². The monoisotopic (exact) mass is 212 g/mol. The normalized spacial score (nSPS) is 10.3. The predicted octanol–water partition coefficient (Wildman–Crippen LogP) is 1.83. The average molecular weight is 212 g/mol. The first-order valence-electron chi connectivity index (χ1n) is 4.70. The van der Waals surface area contributed by atoms with Gasteiger partial charge in [0, 0.05) is 24.2 Å². The van der Waals surface area contributed by atoms with Gasteiger partial charge in [-0.15, -0.1) is 17.9 Å². The van der Waals surface area contributed by atoms with Crippen molar-refractivity contribution in [1.82, 2.24) is 10.3 Å². The third-order valence-electron chi connectivity index (χ3n) is 1.67. The smallest absolute Gasteiger partial charge is 0.0794 e. The molecule has 3 nitrogen and oxygen atoms in total. The predicted molar refractivity (Wildman–Crippen MR) is 59.5 cm³/mol. The number of thiazole rings is 1. The number of hydrogen-bond acceptors (Lipinski definition) is 4. The van der Waals surface area contributed by atoms with Crippen LogP contribution in [0.4, 0.5) is 0 Å². The summed E-state index contributed by atoms with van der Waals surface area (Å²) in [6.07, 6.45) is 4.68. The van der Waals surface area contributed by atoms with Gasteiger partial charge in [0.25, 0.3) is 0 Å². The van der Waals surface area contributed by atoms with E-state index >= 15 is 0 Å². The summed E-state index contributed by atoms with van der Waals surface area (Å²) in [5.74, 6) is 0. The lowest BCUT2D eigenvalue weighted by atomic mass is 10.4. The van der Waals surface area contributed by atoms with Crippen molar-refractivity contribution < 1.29 is 4.74 Å². The average Bonchev–Trinajstić information content (AvgIpc) is 2.69. The van der Waals surface area contributed by atoms with E-state index in [1.807, 2.05) is 17.8 Å². The Kier molecular flexibility index (Phi) is 6.23. The molecule has 0 spiro atoms. The van der Waals surface area contributed by atoms with Crippen molar-refractivity contribution in [3.05, 3.63) is 29.2 Å². The summed E-state index contributed by atoms with van der Waals surface area (Å²) in [6, 6.07) is 0. The summed E-state index contributed by atoms with van der Waals surface area (Å²) in [5, 5.41) is 3.28. The third-order valence-corrected chi connectivity index (χ3v) is 2.45. The van der Waals surface area contributed by atoms with Crippen molar-refractivity contribution >= 4 is 11.3 Å².